The molecule has 0 N–H and O–H groups in total. The van der Waals surface area contributed by atoms with Gasteiger partial charge >= 0.3 is 0 Å². The number of pyridine rings is 1. The Hall–Kier alpha value is -3.17. The van der Waals surface area contributed by atoms with E-state index in [0.29, 0.717) is 25.1 Å². The summed E-state index contributed by atoms with van der Waals surface area (Å²) in [6.07, 6.45) is 3.12. The molecule has 0 aliphatic carbocycles. The monoisotopic (exact) mass is 681 g/mol. The second-order valence-corrected chi connectivity index (χ2v) is 14.6. The Kier molecular flexibility index (Phi) is 15.8. The molecule has 1 aliphatic rings. The summed E-state index contributed by atoms with van der Waals surface area (Å²) in [6, 6.07) is 14.3. The minimum absolute atomic E-state index is 0.0115. The van der Waals surface area contributed by atoms with Gasteiger partial charge in [-0.25, -0.2) is 4.98 Å². The van der Waals surface area contributed by atoms with Crippen LogP contribution in [0.3, 0.4) is 0 Å². The first kappa shape index (κ1) is 40.3. The zero-order valence-electron chi connectivity index (χ0n) is 31.2. The van der Waals surface area contributed by atoms with Crippen LogP contribution in [0.25, 0.3) is 0 Å². The highest BCUT2D eigenvalue weighted by Crippen LogP contribution is 2.31. The maximum atomic E-state index is 14.1. The number of ether oxygens (including phenoxy) is 2. The highest BCUT2D eigenvalue weighted by Gasteiger charge is 2.42. The molecule has 49 heavy (non-hydrogen) atoms. The summed E-state index contributed by atoms with van der Waals surface area (Å²) in [7, 11) is 5.01. The number of Topliss-reactive ketones (excluding diaryl/α,β-unsaturated/α-hetero) is 1. The fourth-order valence-electron chi connectivity index (χ4n) is 7.62. The molecule has 2 amide bonds. The molecule has 3 rings (SSSR count). The van der Waals surface area contributed by atoms with Crippen LogP contribution in [-0.4, -0.2) is 84.5 Å². The molecule has 0 radical (unpaired) electrons. The maximum Gasteiger partial charge on any atom is 0.226 e. The molecule has 0 spiro atoms. The maximum absolute atomic E-state index is 14.1. The molecule has 0 unspecified atom stereocenters. The first-order valence-corrected chi connectivity index (χ1v) is 18.1. The number of likely N-dealkylation sites (N-methyl/N-ethyl adjacent to an activating group) is 1. The summed E-state index contributed by atoms with van der Waals surface area (Å²) in [5, 5.41) is 0. The first-order chi connectivity index (χ1) is 23.3. The predicted octanol–water partition coefficient (Wildman–Crippen LogP) is 6.79. The molecule has 9 heteroatoms. The van der Waals surface area contributed by atoms with Gasteiger partial charge in [-0.05, 0) is 54.7 Å². The number of hydrogen-bond donors (Lipinski definition) is 0. The number of ketones is 1. The highest BCUT2D eigenvalue weighted by molar-refractivity contribution is 5.82. The molecule has 1 aromatic heterocycles. The van der Waals surface area contributed by atoms with E-state index in [9.17, 15) is 18.8 Å². The van der Waals surface area contributed by atoms with Crippen LogP contribution in [0.2, 0.25) is 0 Å². The fourth-order valence-corrected chi connectivity index (χ4v) is 7.62. The van der Waals surface area contributed by atoms with E-state index in [-0.39, 0.29) is 59.8 Å². The lowest BCUT2D eigenvalue weighted by molar-refractivity contribution is -0.148. The van der Waals surface area contributed by atoms with Crippen molar-refractivity contribution < 1.29 is 28.2 Å². The Morgan fingerprint density at radius 1 is 0.959 bits per heavy atom. The third kappa shape index (κ3) is 10.9. The fraction of sp³-hybridized carbons (Fsp3) is 0.650. The van der Waals surface area contributed by atoms with E-state index in [4.69, 9.17) is 9.47 Å². The van der Waals surface area contributed by atoms with Gasteiger partial charge in [-0.1, -0.05) is 84.4 Å². The van der Waals surface area contributed by atoms with Crippen LogP contribution in [0.15, 0.2) is 48.5 Å². The molecular formula is C40H60FN3O5. The standard InChI is InChI=1S/C40H60FN3O5/c1-10-28(5)38(43(7)40(47)32(26(2)3)24-31-18-14-20-36(41)42-31)35(48-8)25-37(46)44-21-15-19-33(44)39(49-9)29(6)34(45)23-27(4)22-30-16-12-11-13-17-30/h11-14,16-18,20,26-29,32-33,35,38-39H,10,15,19,21-25H2,1-9H3/t27-,28+,29+,32+,33+,35-,38+,39-/m1/s1. The molecule has 2 aromatic rings. The van der Waals surface area contributed by atoms with Crippen molar-refractivity contribution >= 4 is 17.6 Å². The van der Waals surface area contributed by atoms with E-state index in [1.54, 1.807) is 38.3 Å². The van der Waals surface area contributed by atoms with E-state index in [2.05, 4.69) is 37.9 Å². The third-order valence-electron chi connectivity index (χ3n) is 10.7. The lowest BCUT2D eigenvalue weighted by atomic mass is 9.85. The summed E-state index contributed by atoms with van der Waals surface area (Å²) in [6.45, 7) is 12.7. The average Bonchev–Trinajstić information content (AvgIpc) is 3.56. The Balaban J connectivity index is 1.74. The van der Waals surface area contributed by atoms with Gasteiger partial charge in [0.05, 0.1) is 30.7 Å². The molecule has 1 fully saturated rings. The number of likely N-dealkylation sites (tertiary alicyclic amines) is 1. The Bertz CT molecular complexity index is 1340. The Morgan fingerprint density at radius 2 is 1.65 bits per heavy atom. The van der Waals surface area contributed by atoms with Gasteiger partial charge in [0.25, 0.3) is 0 Å². The number of methoxy groups -OCH3 is 2. The highest BCUT2D eigenvalue weighted by atomic mass is 19.1. The first-order valence-electron chi connectivity index (χ1n) is 18.1. The number of amides is 2. The van der Waals surface area contributed by atoms with Gasteiger partial charge in [-0.2, -0.15) is 4.39 Å². The van der Waals surface area contributed by atoms with E-state index in [1.165, 1.54) is 11.6 Å². The Labute approximate surface area is 294 Å². The van der Waals surface area contributed by atoms with Crippen molar-refractivity contribution in [1.82, 2.24) is 14.8 Å². The molecule has 0 bridgehead atoms. The summed E-state index contributed by atoms with van der Waals surface area (Å²) in [4.78, 5) is 49.3. The van der Waals surface area contributed by atoms with Gasteiger partial charge in [-0.3, -0.25) is 14.4 Å². The van der Waals surface area contributed by atoms with Crippen molar-refractivity contribution in [3.63, 3.8) is 0 Å². The van der Waals surface area contributed by atoms with Gasteiger partial charge in [0, 0.05) is 58.2 Å². The molecule has 1 aromatic carbocycles. The molecule has 8 nitrogen and oxygen atoms in total. The number of carbonyl (C=O) groups is 3. The SMILES string of the molecule is CC[C@H](C)[C@@H]([C@@H](CC(=O)N1CCC[C@H]1[C@H](OC)[C@@H](C)C(=O)C[C@H](C)Cc1ccccc1)OC)N(C)C(=O)[C@@H](Cc1cccc(F)n1)C(C)C. The molecule has 1 saturated heterocycles. The van der Waals surface area contributed by atoms with Crippen molar-refractivity contribution in [3.05, 3.63) is 65.7 Å². The number of aromatic nitrogens is 1. The quantitative estimate of drug-likeness (QED) is 0.152. The van der Waals surface area contributed by atoms with Crippen LogP contribution in [0, 0.1) is 35.5 Å². The summed E-state index contributed by atoms with van der Waals surface area (Å²) < 4.78 is 25.9. The average molecular weight is 682 g/mol. The summed E-state index contributed by atoms with van der Waals surface area (Å²) in [5.41, 5.74) is 1.75. The van der Waals surface area contributed by atoms with Crippen LogP contribution in [-0.2, 0) is 36.7 Å². The van der Waals surface area contributed by atoms with Crippen LogP contribution < -0.4 is 0 Å². The van der Waals surface area contributed by atoms with E-state index >= 15 is 0 Å². The van der Waals surface area contributed by atoms with Crippen LogP contribution in [0.4, 0.5) is 4.39 Å². The largest absolute Gasteiger partial charge is 0.379 e. The van der Waals surface area contributed by atoms with E-state index < -0.39 is 24.1 Å². The number of rotatable bonds is 19. The van der Waals surface area contributed by atoms with Crippen molar-refractivity contribution in [2.24, 2.45) is 29.6 Å². The third-order valence-corrected chi connectivity index (χ3v) is 10.7. The number of nitrogens with zero attached hydrogens (tertiary/aromatic N) is 3. The van der Waals surface area contributed by atoms with Crippen LogP contribution in [0.1, 0.15) is 84.9 Å². The van der Waals surface area contributed by atoms with Crippen molar-refractivity contribution in [2.45, 2.75) is 111 Å². The molecular weight excluding hydrogens is 621 g/mol. The summed E-state index contributed by atoms with van der Waals surface area (Å²) in [5.74, 6) is -1.11. The lowest BCUT2D eigenvalue weighted by Gasteiger charge is -2.40. The molecule has 8 atom stereocenters. The van der Waals surface area contributed by atoms with Gasteiger partial charge in [0.2, 0.25) is 17.8 Å². The molecule has 0 saturated carbocycles. The van der Waals surface area contributed by atoms with Gasteiger partial charge < -0.3 is 19.3 Å². The number of halogens is 1. The molecule has 1 aliphatic heterocycles. The normalized spacial score (nSPS) is 19.2. The minimum atomic E-state index is -0.566. The minimum Gasteiger partial charge on any atom is -0.379 e. The number of hydrogen-bond acceptors (Lipinski definition) is 6. The van der Waals surface area contributed by atoms with Gasteiger partial charge in [-0.15, -0.1) is 0 Å². The predicted molar refractivity (Wildman–Crippen MR) is 191 cm³/mol. The van der Waals surface area contributed by atoms with E-state index in [0.717, 1.165) is 25.7 Å². The smallest absolute Gasteiger partial charge is 0.226 e. The number of carbonyl (C=O) groups excluding carboxylic acids is 3. The summed E-state index contributed by atoms with van der Waals surface area (Å²) >= 11 is 0. The van der Waals surface area contributed by atoms with Gasteiger partial charge in [0.15, 0.2) is 0 Å². The lowest BCUT2D eigenvalue weighted by Crippen LogP contribution is -2.54. The van der Waals surface area contributed by atoms with Gasteiger partial charge in [0.1, 0.15) is 5.78 Å². The zero-order chi connectivity index (χ0) is 36.2. The van der Waals surface area contributed by atoms with E-state index in [1.807, 2.05) is 43.9 Å². The second-order valence-electron chi connectivity index (χ2n) is 14.6. The second kappa shape index (κ2) is 19.3. The van der Waals surface area contributed by atoms with Crippen molar-refractivity contribution in [2.75, 3.05) is 27.8 Å². The topological polar surface area (TPSA) is 89.0 Å². The van der Waals surface area contributed by atoms with Crippen LogP contribution >= 0.6 is 0 Å². The van der Waals surface area contributed by atoms with Crippen molar-refractivity contribution in [1.29, 1.82) is 0 Å². The zero-order valence-corrected chi connectivity index (χ0v) is 31.2. The molecule has 272 valence electrons. The van der Waals surface area contributed by atoms with Crippen molar-refractivity contribution in [3.8, 4) is 0 Å². The Morgan fingerprint density at radius 3 is 2.24 bits per heavy atom. The van der Waals surface area contributed by atoms with Crippen LogP contribution in [0.5, 0.6) is 0 Å². The molecule has 2 heterocycles. The number of benzene rings is 1.